The summed E-state index contributed by atoms with van der Waals surface area (Å²) < 4.78 is 27.2. The first-order valence-corrected chi connectivity index (χ1v) is 9.62. The standard InChI is InChI=1S/C14H24N2O3S2/c1-11-8-14(12(2)20-11)21(18,19)15-5-7-16-6-3-4-13(9-16)10-17/h8,13,15,17H,3-7,9-10H2,1-2H3. The van der Waals surface area contributed by atoms with Crippen LogP contribution in [0.25, 0.3) is 0 Å². The van der Waals surface area contributed by atoms with Crippen molar-refractivity contribution in [2.75, 3.05) is 32.8 Å². The first-order chi connectivity index (χ1) is 9.92. The summed E-state index contributed by atoms with van der Waals surface area (Å²) in [5.41, 5.74) is 0. The highest BCUT2D eigenvalue weighted by Crippen LogP contribution is 2.24. The second-order valence-electron chi connectivity index (χ2n) is 5.67. The minimum Gasteiger partial charge on any atom is -0.396 e. The zero-order valence-corrected chi connectivity index (χ0v) is 14.3. The van der Waals surface area contributed by atoms with Gasteiger partial charge < -0.3 is 10.0 Å². The van der Waals surface area contributed by atoms with Gasteiger partial charge in [0.1, 0.15) is 0 Å². The van der Waals surface area contributed by atoms with Crippen molar-refractivity contribution in [3.8, 4) is 0 Å². The summed E-state index contributed by atoms with van der Waals surface area (Å²) in [5.74, 6) is 0.331. The maximum absolute atomic E-state index is 12.3. The van der Waals surface area contributed by atoms with E-state index in [1.54, 1.807) is 6.07 Å². The maximum atomic E-state index is 12.3. The molecule has 1 fully saturated rings. The van der Waals surface area contributed by atoms with E-state index >= 15 is 0 Å². The molecule has 0 spiro atoms. The molecule has 0 amide bonds. The summed E-state index contributed by atoms with van der Waals surface area (Å²) >= 11 is 1.50. The predicted octanol–water partition coefficient (Wildman–Crippen LogP) is 1.35. The lowest BCUT2D eigenvalue weighted by molar-refractivity contribution is 0.122. The SMILES string of the molecule is Cc1cc(S(=O)(=O)NCCN2CCCC(CO)C2)c(C)s1. The summed E-state index contributed by atoms with van der Waals surface area (Å²) in [5, 5.41) is 9.21. The first kappa shape index (κ1) is 16.9. The van der Waals surface area contributed by atoms with Crippen LogP contribution in [0.1, 0.15) is 22.6 Å². The molecule has 1 atom stereocenters. The summed E-state index contributed by atoms with van der Waals surface area (Å²) in [6, 6.07) is 1.73. The Morgan fingerprint density at radius 2 is 2.24 bits per heavy atom. The minimum atomic E-state index is -3.41. The number of sulfonamides is 1. The Morgan fingerprint density at radius 3 is 2.86 bits per heavy atom. The zero-order chi connectivity index (χ0) is 15.5. The van der Waals surface area contributed by atoms with Crippen LogP contribution in [0.4, 0.5) is 0 Å². The van der Waals surface area contributed by atoms with Crippen molar-refractivity contribution in [3.63, 3.8) is 0 Å². The van der Waals surface area contributed by atoms with E-state index in [0.717, 1.165) is 35.7 Å². The summed E-state index contributed by atoms with van der Waals surface area (Å²) in [7, 11) is -3.41. The number of thiophene rings is 1. The molecule has 2 heterocycles. The van der Waals surface area contributed by atoms with Crippen molar-refractivity contribution < 1.29 is 13.5 Å². The van der Waals surface area contributed by atoms with Crippen LogP contribution in [0.15, 0.2) is 11.0 Å². The molecule has 0 bridgehead atoms. The fourth-order valence-corrected chi connectivity index (χ4v) is 5.37. The molecular weight excluding hydrogens is 308 g/mol. The molecule has 7 heteroatoms. The van der Waals surface area contributed by atoms with Crippen molar-refractivity contribution in [1.29, 1.82) is 0 Å². The molecule has 0 radical (unpaired) electrons. The number of aliphatic hydroxyl groups excluding tert-OH is 1. The van der Waals surface area contributed by atoms with Gasteiger partial charge in [0.15, 0.2) is 0 Å². The normalized spacial score (nSPS) is 20.8. The third kappa shape index (κ3) is 4.50. The molecule has 1 aliphatic rings. The Kier molecular flexibility index (Phi) is 5.79. The largest absolute Gasteiger partial charge is 0.396 e. The molecule has 0 aliphatic carbocycles. The number of hydrogen-bond acceptors (Lipinski definition) is 5. The lowest BCUT2D eigenvalue weighted by Gasteiger charge is -2.31. The third-order valence-electron chi connectivity index (χ3n) is 3.87. The van der Waals surface area contributed by atoms with Crippen molar-refractivity contribution in [3.05, 3.63) is 15.8 Å². The molecule has 5 nitrogen and oxygen atoms in total. The average Bonchev–Trinajstić information content (AvgIpc) is 2.78. The lowest BCUT2D eigenvalue weighted by Crippen LogP contribution is -2.41. The van der Waals surface area contributed by atoms with Crippen LogP contribution in [0, 0.1) is 19.8 Å². The quantitative estimate of drug-likeness (QED) is 0.825. The molecular formula is C14H24N2O3S2. The number of piperidine rings is 1. The lowest BCUT2D eigenvalue weighted by atomic mass is 9.99. The van der Waals surface area contributed by atoms with Crippen LogP contribution in [-0.4, -0.2) is 51.2 Å². The fourth-order valence-electron chi connectivity index (χ4n) is 2.79. The van der Waals surface area contributed by atoms with Gasteiger partial charge in [-0.3, -0.25) is 0 Å². The highest BCUT2D eigenvalue weighted by molar-refractivity contribution is 7.89. The van der Waals surface area contributed by atoms with E-state index in [0.29, 0.717) is 23.9 Å². The van der Waals surface area contributed by atoms with Crippen molar-refractivity contribution in [2.24, 2.45) is 5.92 Å². The van der Waals surface area contributed by atoms with Crippen LogP contribution in [0.5, 0.6) is 0 Å². The number of nitrogens with zero attached hydrogens (tertiary/aromatic N) is 1. The van der Waals surface area contributed by atoms with Crippen LogP contribution in [0.3, 0.4) is 0 Å². The van der Waals surface area contributed by atoms with Gasteiger partial charge in [0.25, 0.3) is 0 Å². The number of likely N-dealkylation sites (tertiary alicyclic amines) is 1. The Balaban J connectivity index is 1.86. The molecule has 1 aliphatic heterocycles. The van der Waals surface area contributed by atoms with Gasteiger partial charge in [-0.1, -0.05) is 0 Å². The van der Waals surface area contributed by atoms with E-state index in [1.807, 2.05) is 13.8 Å². The Hall–Kier alpha value is -0.470. The van der Waals surface area contributed by atoms with E-state index in [2.05, 4.69) is 9.62 Å². The second kappa shape index (κ2) is 7.19. The van der Waals surface area contributed by atoms with E-state index in [4.69, 9.17) is 0 Å². The van der Waals surface area contributed by atoms with Gasteiger partial charge in [-0.15, -0.1) is 11.3 Å². The molecule has 1 aromatic heterocycles. The second-order valence-corrected chi connectivity index (χ2v) is 8.86. The van der Waals surface area contributed by atoms with Gasteiger partial charge in [-0.05, 0) is 45.2 Å². The fraction of sp³-hybridized carbons (Fsp3) is 0.714. The van der Waals surface area contributed by atoms with Crippen LogP contribution in [0.2, 0.25) is 0 Å². The molecule has 2 N–H and O–H groups in total. The van der Waals surface area contributed by atoms with Crippen molar-refractivity contribution in [1.82, 2.24) is 9.62 Å². The van der Waals surface area contributed by atoms with Crippen molar-refractivity contribution >= 4 is 21.4 Å². The molecule has 1 unspecified atom stereocenters. The van der Waals surface area contributed by atoms with Gasteiger partial charge in [0.05, 0.1) is 4.90 Å². The summed E-state index contributed by atoms with van der Waals surface area (Å²) in [6.45, 7) is 6.91. The predicted molar refractivity (Wildman–Crippen MR) is 85.2 cm³/mol. The van der Waals surface area contributed by atoms with Gasteiger partial charge in [-0.2, -0.15) is 0 Å². The number of aliphatic hydroxyl groups is 1. The van der Waals surface area contributed by atoms with E-state index in [1.165, 1.54) is 11.3 Å². The summed E-state index contributed by atoms with van der Waals surface area (Å²) in [6.07, 6.45) is 2.13. The Labute approximate surface area is 131 Å². The molecule has 120 valence electrons. The first-order valence-electron chi connectivity index (χ1n) is 7.32. The molecule has 0 aromatic carbocycles. The molecule has 0 saturated carbocycles. The molecule has 1 aromatic rings. The highest BCUT2D eigenvalue weighted by Gasteiger charge is 2.21. The molecule has 1 saturated heterocycles. The molecule has 21 heavy (non-hydrogen) atoms. The smallest absolute Gasteiger partial charge is 0.241 e. The summed E-state index contributed by atoms with van der Waals surface area (Å²) in [4.78, 5) is 4.46. The number of hydrogen-bond donors (Lipinski definition) is 2. The number of nitrogens with one attached hydrogen (secondary N) is 1. The van der Waals surface area contributed by atoms with Gasteiger partial charge in [0.2, 0.25) is 10.0 Å². The molecule has 2 rings (SSSR count). The van der Waals surface area contributed by atoms with Crippen LogP contribution < -0.4 is 4.72 Å². The van der Waals surface area contributed by atoms with Gasteiger partial charge in [-0.25, -0.2) is 13.1 Å². The average molecular weight is 332 g/mol. The van der Waals surface area contributed by atoms with Crippen LogP contribution in [-0.2, 0) is 10.0 Å². The Bertz CT molecular complexity index is 569. The number of rotatable bonds is 6. The van der Waals surface area contributed by atoms with E-state index < -0.39 is 10.0 Å². The maximum Gasteiger partial charge on any atom is 0.241 e. The van der Waals surface area contributed by atoms with E-state index in [9.17, 15) is 13.5 Å². The van der Waals surface area contributed by atoms with Gasteiger partial charge in [0, 0.05) is 36.0 Å². The third-order valence-corrected chi connectivity index (χ3v) is 6.55. The van der Waals surface area contributed by atoms with Crippen LogP contribution >= 0.6 is 11.3 Å². The Morgan fingerprint density at radius 1 is 1.48 bits per heavy atom. The monoisotopic (exact) mass is 332 g/mol. The van der Waals surface area contributed by atoms with Gasteiger partial charge >= 0.3 is 0 Å². The van der Waals surface area contributed by atoms with E-state index in [-0.39, 0.29) is 6.61 Å². The van der Waals surface area contributed by atoms with Crippen molar-refractivity contribution in [2.45, 2.75) is 31.6 Å². The number of aryl methyl sites for hydroxylation is 2. The highest BCUT2D eigenvalue weighted by atomic mass is 32.2. The topological polar surface area (TPSA) is 69.6 Å². The minimum absolute atomic E-state index is 0.218. The zero-order valence-electron chi connectivity index (χ0n) is 12.6.